The number of ketones is 1. The van der Waals surface area contributed by atoms with Crippen molar-refractivity contribution >= 4 is 11.9 Å². The molecule has 0 spiro atoms. The molecule has 0 unspecified atom stereocenters. The molecule has 0 saturated heterocycles. The molecule has 2 atom stereocenters. The summed E-state index contributed by atoms with van der Waals surface area (Å²) in [7, 11) is 0. The SMILES string of the molecule is CCCCC[C@@H]1CCCC(=O)[C@@H]1CNC(=O)OCc1ccccc1. The lowest BCUT2D eigenvalue weighted by Gasteiger charge is -2.30. The summed E-state index contributed by atoms with van der Waals surface area (Å²) >= 11 is 0. The molecule has 1 aliphatic carbocycles. The molecule has 1 N–H and O–H groups in total. The van der Waals surface area contributed by atoms with E-state index in [2.05, 4.69) is 12.2 Å². The summed E-state index contributed by atoms with van der Waals surface area (Å²) in [6.45, 7) is 2.85. The van der Waals surface area contributed by atoms with Gasteiger partial charge in [0, 0.05) is 18.9 Å². The Kier molecular flexibility index (Phi) is 7.80. The summed E-state index contributed by atoms with van der Waals surface area (Å²) in [5, 5.41) is 2.79. The van der Waals surface area contributed by atoms with E-state index in [1.165, 1.54) is 19.3 Å². The highest BCUT2D eigenvalue weighted by Gasteiger charge is 2.31. The molecule has 1 fully saturated rings. The van der Waals surface area contributed by atoms with Crippen LogP contribution in [0.15, 0.2) is 30.3 Å². The molecule has 1 aliphatic rings. The zero-order valence-electron chi connectivity index (χ0n) is 14.6. The molecule has 0 aromatic heterocycles. The molecule has 4 nitrogen and oxygen atoms in total. The number of benzene rings is 1. The lowest BCUT2D eigenvalue weighted by Crippen LogP contribution is -2.39. The van der Waals surface area contributed by atoms with Crippen LogP contribution >= 0.6 is 0 Å². The Morgan fingerprint density at radius 1 is 1.25 bits per heavy atom. The maximum absolute atomic E-state index is 12.2. The van der Waals surface area contributed by atoms with Crippen LogP contribution in [0.25, 0.3) is 0 Å². The predicted molar refractivity (Wildman–Crippen MR) is 94.6 cm³/mol. The van der Waals surface area contributed by atoms with Crippen LogP contribution in [0.1, 0.15) is 57.4 Å². The summed E-state index contributed by atoms with van der Waals surface area (Å²) in [4.78, 5) is 24.1. The maximum atomic E-state index is 12.2. The number of rotatable bonds is 8. The molecule has 2 rings (SSSR count). The number of hydrogen-bond acceptors (Lipinski definition) is 3. The quantitative estimate of drug-likeness (QED) is 0.715. The lowest BCUT2D eigenvalue weighted by molar-refractivity contribution is -0.126. The molecule has 132 valence electrons. The van der Waals surface area contributed by atoms with Gasteiger partial charge in [0.1, 0.15) is 12.4 Å². The second kappa shape index (κ2) is 10.1. The van der Waals surface area contributed by atoms with E-state index in [1.54, 1.807) is 0 Å². The number of hydrogen-bond donors (Lipinski definition) is 1. The average molecular weight is 331 g/mol. The zero-order valence-corrected chi connectivity index (χ0v) is 14.6. The smallest absolute Gasteiger partial charge is 0.407 e. The van der Waals surface area contributed by atoms with Gasteiger partial charge in [-0.05, 0) is 30.7 Å². The van der Waals surface area contributed by atoms with Crippen molar-refractivity contribution in [3.05, 3.63) is 35.9 Å². The number of alkyl carbamates (subject to hydrolysis) is 1. The molecule has 0 heterocycles. The van der Waals surface area contributed by atoms with E-state index >= 15 is 0 Å². The fourth-order valence-electron chi connectivity index (χ4n) is 3.44. The topological polar surface area (TPSA) is 55.4 Å². The Hall–Kier alpha value is -1.84. The molecule has 1 aromatic carbocycles. The molecular weight excluding hydrogens is 302 g/mol. The highest BCUT2D eigenvalue weighted by molar-refractivity contribution is 5.82. The minimum atomic E-state index is -0.440. The van der Waals surface area contributed by atoms with E-state index in [-0.39, 0.29) is 12.5 Å². The van der Waals surface area contributed by atoms with Crippen molar-refractivity contribution in [2.75, 3.05) is 6.54 Å². The molecule has 1 aromatic rings. The van der Waals surface area contributed by atoms with Gasteiger partial charge in [-0.1, -0.05) is 56.5 Å². The van der Waals surface area contributed by atoms with Gasteiger partial charge in [-0.2, -0.15) is 0 Å². The zero-order chi connectivity index (χ0) is 17.2. The van der Waals surface area contributed by atoms with E-state index in [0.29, 0.717) is 24.7 Å². The van der Waals surface area contributed by atoms with E-state index in [1.807, 2.05) is 30.3 Å². The van der Waals surface area contributed by atoms with Crippen LogP contribution in [0.5, 0.6) is 0 Å². The van der Waals surface area contributed by atoms with Crippen LogP contribution < -0.4 is 5.32 Å². The van der Waals surface area contributed by atoms with Gasteiger partial charge in [0.05, 0.1) is 0 Å². The number of amides is 1. The van der Waals surface area contributed by atoms with Crippen molar-refractivity contribution < 1.29 is 14.3 Å². The summed E-state index contributed by atoms with van der Waals surface area (Å²) in [5.41, 5.74) is 0.957. The van der Waals surface area contributed by atoms with Gasteiger partial charge in [-0.3, -0.25) is 4.79 Å². The first-order valence-electron chi connectivity index (χ1n) is 9.18. The van der Waals surface area contributed by atoms with Gasteiger partial charge < -0.3 is 10.1 Å². The number of nitrogens with one attached hydrogen (secondary N) is 1. The van der Waals surface area contributed by atoms with Crippen molar-refractivity contribution in [1.29, 1.82) is 0 Å². The summed E-state index contributed by atoms with van der Waals surface area (Å²) in [6.07, 6.45) is 6.96. The van der Waals surface area contributed by atoms with Crippen molar-refractivity contribution in [3.8, 4) is 0 Å². The highest BCUT2D eigenvalue weighted by atomic mass is 16.5. The predicted octanol–water partition coefficient (Wildman–Crippen LogP) is 4.48. The number of ether oxygens (including phenoxy) is 1. The Morgan fingerprint density at radius 2 is 2.04 bits per heavy atom. The van der Waals surface area contributed by atoms with E-state index in [9.17, 15) is 9.59 Å². The number of carbonyl (C=O) groups excluding carboxylic acids is 2. The van der Waals surface area contributed by atoms with Gasteiger partial charge in [0.15, 0.2) is 0 Å². The Balaban J connectivity index is 1.76. The maximum Gasteiger partial charge on any atom is 0.407 e. The minimum Gasteiger partial charge on any atom is -0.445 e. The first-order chi connectivity index (χ1) is 11.7. The fourth-order valence-corrected chi connectivity index (χ4v) is 3.44. The second-order valence-electron chi connectivity index (χ2n) is 6.66. The molecule has 4 heteroatoms. The lowest BCUT2D eigenvalue weighted by atomic mass is 9.76. The van der Waals surface area contributed by atoms with Crippen LogP contribution in [0.2, 0.25) is 0 Å². The van der Waals surface area contributed by atoms with Crippen molar-refractivity contribution in [3.63, 3.8) is 0 Å². The third kappa shape index (κ3) is 5.99. The van der Waals surface area contributed by atoms with Gasteiger partial charge in [-0.25, -0.2) is 4.79 Å². The minimum absolute atomic E-state index is 0.0418. The number of Topliss-reactive ketones (excluding diaryl/α,β-unsaturated/α-hetero) is 1. The molecule has 1 saturated carbocycles. The first kappa shape index (κ1) is 18.5. The monoisotopic (exact) mass is 331 g/mol. The van der Waals surface area contributed by atoms with Crippen LogP contribution in [-0.4, -0.2) is 18.4 Å². The molecule has 1 amide bonds. The van der Waals surface area contributed by atoms with Gasteiger partial charge in [-0.15, -0.1) is 0 Å². The summed E-state index contributed by atoms with van der Waals surface area (Å²) in [6, 6.07) is 9.59. The normalized spacial score (nSPS) is 20.6. The Morgan fingerprint density at radius 3 is 2.79 bits per heavy atom. The van der Waals surface area contributed by atoms with Gasteiger partial charge in [0.25, 0.3) is 0 Å². The molecular formula is C20H29NO3. The van der Waals surface area contributed by atoms with E-state index in [4.69, 9.17) is 4.74 Å². The number of carbonyl (C=O) groups is 2. The van der Waals surface area contributed by atoms with Crippen molar-refractivity contribution in [1.82, 2.24) is 5.32 Å². The van der Waals surface area contributed by atoms with Crippen LogP contribution in [-0.2, 0) is 16.1 Å². The van der Waals surface area contributed by atoms with Crippen molar-refractivity contribution in [2.45, 2.75) is 58.5 Å². The summed E-state index contributed by atoms with van der Waals surface area (Å²) < 4.78 is 5.23. The molecule has 0 bridgehead atoms. The average Bonchev–Trinajstić information content (AvgIpc) is 2.60. The molecule has 0 aliphatic heterocycles. The highest BCUT2D eigenvalue weighted by Crippen LogP contribution is 2.31. The van der Waals surface area contributed by atoms with E-state index in [0.717, 1.165) is 24.8 Å². The third-order valence-electron chi connectivity index (χ3n) is 4.84. The van der Waals surface area contributed by atoms with Gasteiger partial charge in [0.2, 0.25) is 0 Å². The van der Waals surface area contributed by atoms with Crippen LogP contribution in [0.4, 0.5) is 4.79 Å². The molecule has 0 radical (unpaired) electrons. The Labute approximate surface area is 145 Å². The van der Waals surface area contributed by atoms with Gasteiger partial charge >= 0.3 is 6.09 Å². The molecule has 24 heavy (non-hydrogen) atoms. The second-order valence-corrected chi connectivity index (χ2v) is 6.66. The Bertz CT molecular complexity index is 515. The van der Waals surface area contributed by atoms with Crippen molar-refractivity contribution in [2.24, 2.45) is 11.8 Å². The van der Waals surface area contributed by atoms with Crippen LogP contribution in [0, 0.1) is 11.8 Å². The fraction of sp³-hybridized carbons (Fsp3) is 0.600. The first-order valence-corrected chi connectivity index (χ1v) is 9.18. The standard InChI is InChI=1S/C20H29NO3/c1-2-3-5-11-17-12-8-13-19(22)18(17)14-21-20(23)24-15-16-9-6-4-7-10-16/h4,6-7,9-10,17-18H,2-3,5,8,11-15H2,1H3,(H,21,23)/t17-,18-/m1/s1. The largest absolute Gasteiger partial charge is 0.445 e. The van der Waals surface area contributed by atoms with Crippen LogP contribution in [0.3, 0.4) is 0 Å². The van der Waals surface area contributed by atoms with E-state index < -0.39 is 6.09 Å². The summed E-state index contributed by atoms with van der Waals surface area (Å²) in [5.74, 6) is 0.665. The number of unbranched alkanes of at least 4 members (excludes halogenated alkanes) is 2. The third-order valence-corrected chi connectivity index (χ3v) is 4.84.